The predicted molar refractivity (Wildman–Crippen MR) is 120 cm³/mol. The number of anilines is 1. The molecule has 0 radical (unpaired) electrons. The third-order valence-electron chi connectivity index (χ3n) is 6.11. The molecule has 11 heteroatoms. The monoisotopic (exact) mass is 475 g/mol. The highest BCUT2D eigenvalue weighted by molar-refractivity contribution is 7.89. The molecule has 1 amide bonds. The van der Waals surface area contributed by atoms with E-state index < -0.39 is 16.1 Å². The predicted octanol–water partition coefficient (Wildman–Crippen LogP) is 2.33. The van der Waals surface area contributed by atoms with Gasteiger partial charge in [0.2, 0.25) is 15.9 Å². The van der Waals surface area contributed by atoms with Crippen LogP contribution >= 0.6 is 11.7 Å². The second kappa shape index (κ2) is 8.38. The van der Waals surface area contributed by atoms with Crippen molar-refractivity contribution in [3.05, 3.63) is 48.3 Å². The van der Waals surface area contributed by atoms with Crippen LogP contribution in [0.4, 0.5) is 10.1 Å². The third kappa shape index (κ3) is 3.74. The Labute approximate surface area is 189 Å². The van der Waals surface area contributed by atoms with Crippen LogP contribution in [-0.4, -0.2) is 71.0 Å². The van der Waals surface area contributed by atoms with Gasteiger partial charge in [0.15, 0.2) is 0 Å². The van der Waals surface area contributed by atoms with E-state index in [4.69, 9.17) is 0 Å². The molecule has 3 aromatic rings. The number of benzene rings is 2. The molecule has 0 spiro atoms. The van der Waals surface area contributed by atoms with E-state index in [1.807, 2.05) is 0 Å². The molecular weight excluding hydrogens is 453 g/mol. The normalized spacial score (nSPS) is 20.2. The summed E-state index contributed by atoms with van der Waals surface area (Å²) in [5.74, 6) is -0.442. The number of sulfonamides is 1. The molecule has 0 unspecified atom stereocenters. The Bertz CT molecular complexity index is 1240. The van der Waals surface area contributed by atoms with Gasteiger partial charge in [-0.3, -0.25) is 4.79 Å². The maximum Gasteiger partial charge on any atom is 0.246 e. The first-order chi connectivity index (χ1) is 15.4. The molecule has 0 N–H and O–H groups in total. The lowest BCUT2D eigenvalue weighted by atomic mass is 10.1. The molecular formula is C21H22FN5O3S2. The number of hydrogen-bond acceptors (Lipinski definition) is 7. The molecule has 1 atom stereocenters. The van der Waals surface area contributed by atoms with Gasteiger partial charge in [0.25, 0.3) is 0 Å². The van der Waals surface area contributed by atoms with E-state index in [0.717, 1.165) is 17.4 Å². The van der Waals surface area contributed by atoms with Gasteiger partial charge >= 0.3 is 0 Å². The zero-order valence-corrected chi connectivity index (χ0v) is 18.9. The van der Waals surface area contributed by atoms with Gasteiger partial charge in [-0.2, -0.15) is 13.1 Å². The minimum atomic E-state index is -3.88. The zero-order chi connectivity index (χ0) is 22.3. The second-order valence-electron chi connectivity index (χ2n) is 7.95. The highest BCUT2D eigenvalue weighted by atomic mass is 32.2. The molecule has 0 aliphatic carbocycles. The molecule has 0 bridgehead atoms. The lowest BCUT2D eigenvalue weighted by molar-refractivity contribution is -0.134. The van der Waals surface area contributed by atoms with Crippen molar-refractivity contribution < 1.29 is 17.6 Å². The van der Waals surface area contributed by atoms with Crippen molar-refractivity contribution >= 4 is 44.4 Å². The fraction of sp³-hybridized carbons (Fsp3) is 0.381. The van der Waals surface area contributed by atoms with Gasteiger partial charge in [-0.1, -0.05) is 6.07 Å². The molecule has 2 aliphatic rings. The van der Waals surface area contributed by atoms with Gasteiger partial charge in [0.05, 0.1) is 11.7 Å². The summed E-state index contributed by atoms with van der Waals surface area (Å²) in [5.41, 5.74) is 1.80. The Morgan fingerprint density at radius 3 is 2.50 bits per heavy atom. The number of hydrogen-bond donors (Lipinski definition) is 0. The van der Waals surface area contributed by atoms with E-state index in [1.54, 1.807) is 29.2 Å². The number of piperazine rings is 1. The van der Waals surface area contributed by atoms with Crippen molar-refractivity contribution in [3.8, 4) is 0 Å². The molecule has 0 saturated carbocycles. The van der Waals surface area contributed by atoms with Crippen LogP contribution in [0.1, 0.15) is 12.8 Å². The van der Waals surface area contributed by atoms with E-state index in [9.17, 15) is 17.6 Å². The smallest absolute Gasteiger partial charge is 0.246 e. The fourth-order valence-corrected chi connectivity index (χ4v) is 6.84. The fourth-order valence-electron chi connectivity index (χ4n) is 4.44. The Balaban J connectivity index is 1.32. The van der Waals surface area contributed by atoms with Gasteiger partial charge in [-0.25, -0.2) is 12.8 Å². The molecule has 8 nitrogen and oxygen atoms in total. The number of fused-ring (bicyclic) bond motifs is 1. The lowest BCUT2D eigenvalue weighted by Gasteiger charge is -2.38. The van der Waals surface area contributed by atoms with Crippen LogP contribution in [0.2, 0.25) is 0 Å². The summed E-state index contributed by atoms with van der Waals surface area (Å²) in [5, 5.41) is 0. The molecule has 2 aliphatic heterocycles. The average Bonchev–Trinajstić information content (AvgIpc) is 3.49. The molecule has 2 fully saturated rings. The summed E-state index contributed by atoms with van der Waals surface area (Å²) in [6.45, 7) is 2.52. The van der Waals surface area contributed by atoms with Crippen molar-refractivity contribution in [2.24, 2.45) is 0 Å². The van der Waals surface area contributed by atoms with Gasteiger partial charge in [-0.05, 0) is 49.2 Å². The van der Waals surface area contributed by atoms with E-state index in [-0.39, 0.29) is 16.6 Å². The number of halogens is 1. The largest absolute Gasteiger partial charge is 0.368 e. The van der Waals surface area contributed by atoms with Crippen LogP contribution in [0.5, 0.6) is 0 Å². The molecule has 168 valence electrons. The van der Waals surface area contributed by atoms with E-state index >= 15 is 0 Å². The van der Waals surface area contributed by atoms with Crippen LogP contribution in [0.25, 0.3) is 11.0 Å². The second-order valence-corrected chi connectivity index (χ2v) is 10.3. The van der Waals surface area contributed by atoms with Crippen LogP contribution in [0.15, 0.2) is 47.4 Å². The number of nitrogens with zero attached hydrogens (tertiary/aromatic N) is 5. The summed E-state index contributed by atoms with van der Waals surface area (Å²) in [6.07, 6.45) is 1.14. The highest BCUT2D eigenvalue weighted by Crippen LogP contribution is 2.31. The molecule has 32 heavy (non-hydrogen) atoms. The van der Waals surface area contributed by atoms with Crippen LogP contribution in [0, 0.1) is 5.82 Å². The Hall–Kier alpha value is -2.63. The van der Waals surface area contributed by atoms with Gasteiger partial charge in [-0.15, -0.1) is 0 Å². The summed E-state index contributed by atoms with van der Waals surface area (Å²) in [4.78, 5) is 17.3. The first-order valence-corrected chi connectivity index (χ1v) is 12.6. The minimum Gasteiger partial charge on any atom is -0.368 e. The van der Waals surface area contributed by atoms with Crippen molar-refractivity contribution in [1.82, 2.24) is 18.0 Å². The highest BCUT2D eigenvalue weighted by Gasteiger charge is 2.42. The number of aromatic nitrogens is 2. The summed E-state index contributed by atoms with van der Waals surface area (Å²) in [6, 6.07) is 10.5. The SMILES string of the molecule is O=C([C@@H]1CCCN1S(=O)(=O)c1cccc2nsnc12)N1CCN(c2ccc(F)cc2)CC1. The number of carbonyl (C=O) groups is 1. The lowest BCUT2D eigenvalue weighted by Crippen LogP contribution is -2.54. The minimum absolute atomic E-state index is 0.101. The van der Waals surface area contributed by atoms with Crippen molar-refractivity contribution in [3.63, 3.8) is 0 Å². The van der Waals surface area contributed by atoms with Crippen molar-refractivity contribution in [2.75, 3.05) is 37.6 Å². The Morgan fingerprint density at radius 2 is 1.75 bits per heavy atom. The number of amides is 1. The third-order valence-corrected chi connectivity index (χ3v) is 8.59. The van der Waals surface area contributed by atoms with Crippen LogP contribution < -0.4 is 4.90 Å². The number of carbonyl (C=O) groups excluding carboxylic acids is 1. The molecule has 2 aromatic carbocycles. The Morgan fingerprint density at radius 1 is 1.00 bits per heavy atom. The first kappa shape index (κ1) is 21.2. The van der Waals surface area contributed by atoms with Gasteiger partial charge in [0, 0.05) is 38.4 Å². The maximum atomic E-state index is 13.5. The van der Waals surface area contributed by atoms with E-state index in [0.29, 0.717) is 56.6 Å². The van der Waals surface area contributed by atoms with E-state index in [1.165, 1.54) is 22.5 Å². The molecule has 5 rings (SSSR count). The van der Waals surface area contributed by atoms with Gasteiger partial charge in [0.1, 0.15) is 27.8 Å². The first-order valence-electron chi connectivity index (χ1n) is 10.5. The van der Waals surface area contributed by atoms with Crippen LogP contribution in [-0.2, 0) is 14.8 Å². The quantitative estimate of drug-likeness (QED) is 0.576. The standard InChI is InChI=1S/C21H22FN5O3S2/c22-15-6-8-16(9-7-15)25-11-13-26(14-12-25)21(28)18-4-2-10-27(18)32(29,30)19-5-1-3-17-20(19)24-31-23-17/h1,3,5-9,18H,2,4,10-14H2/t18-/m0/s1. The van der Waals surface area contributed by atoms with Crippen molar-refractivity contribution in [1.29, 1.82) is 0 Å². The maximum absolute atomic E-state index is 13.5. The summed E-state index contributed by atoms with van der Waals surface area (Å²) in [7, 11) is -3.88. The topological polar surface area (TPSA) is 86.7 Å². The zero-order valence-electron chi connectivity index (χ0n) is 17.2. The van der Waals surface area contributed by atoms with Crippen molar-refractivity contribution in [2.45, 2.75) is 23.8 Å². The summed E-state index contributed by atoms with van der Waals surface area (Å²) < 4.78 is 49.7. The number of rotatable bonds is 4. The van der Waals surface area contributed by atoms with E-state index in [2.05, 4.69) is 13.6 Å². The van der Waals surface area contributed by atoms with Gasteiger partial charge < -0.3 is 9.80 Å². The average molecular weight is 476 g/mol. The molecule has 1 aromatic heterocycles. The molecule has 2 saturated heterocycles. The van der Waals surface area contributed by atoms with Crippen LogP contribution in [0.3, 0.4) is 0 Å². The molecule has 3 heterocycles. The summed E-state index contributed by atoms with van der Waals surface area (Å²) >= 11 is 0.971. The Kier molecular flexibility index (Phi) is 5.56.